The van der Waals surface area contributed by atoms with Crippen molar-refractivity contribution in [1.29, 1.82) is 0 Å². The van der Waals surface area contributed by atoms with E-state index >= 15 is 0 Å². The zero-order valence-electron chi connectivity index (χ0n) is 46.6. The van der Waals surface area contributed by atoms with Crippen molar-refractivity contribution >= 4 is 137 Å². The van der Waals surface area contributed by atoms with E-state index in [0.717, 1.165) is 59.7 Å². The van der Waals surface area contributed by atoms with Gasteiger partial charge in [0.25, 0.3) is 23.0 Å². The van der Waals surface area contributed by atoms with Crippen molar-refractivity contribution in [3.05, 3.63) is 223 Å². The molecule has 0 saturated carbocycles. The van der Waals surface area contributed by atoms with Crippen molar-refractivity contribution in [3.63, 3.8) is 0 Å². The number of rotatable bonds is 9. The molecule has 0 aliphatic carbocycles. The van der Waals surface area contributed by atoms with Gasteiger partial charge in [-0.3, -0.25) is 23.6 Å². The number of alkyl halides is 1. The molecule has 0 radical (unpaired) electrons. The molecule has 0 spiro atoms. The van der Waals surface area contributed by atoms with Crippen molar-refractivity contribution in [1.82, 2.24) is 9.97 Å². The van der Waals surface area contributed by atoms with E-state index in [-0.39, 0.29) is 51.1 Å². The average Bonchev–Trinajstić information content (AvgIpc) is 1.94. The van der Waals surface area contributed by atoms with Crippen molar-refractivity contribution in [2.45, 2.75) is 26.7 Å². The molecule has 430 valence electrons. The van der Waals surface area contributed by atoms with Crippen LogP contribution in [0.1, 0.15) is 87.1 Å². The highest BCUT2D eigenvalue weighted by atomic mass is 35.5. The van der Waals surface area contributed by atoms with Gasteiger partial charge < -0.3 is 30.3 Å². The zero-order chi connectivity index (χ0) is 61.0. The van der Waals surface area contributed by atoms with Crippen LogP contribution in [0.2, 0.25) is 10.3 Å². The molecule has 85 heavy (non-hydrogen) atoms. The Morgan fingerprint density at radius 1 is 0.600 bits per heavy atom. The first-order chi connectivity index (χ1) is 41.6. The second kappa shape index (κ2) is 27.7. The van der Waals surface area contributed by atoms with E-state index in [1.54, 1.807) is 84.3 Å². The summed E-state index contributed by atoms with van der Waals surface area (Å²) in [6.07, 6.45) is 1.26. The molecular weight excluding hydrogens is 1180 g/mol. The molecule has 12 rings (SSSR count). The lowest BCUT2D eigenvalue weighted by Crippen LogP contribution is -2.32. The number of amides is 3. The SMILES string of the molecule is CCOC(=O)c1cc2c(s1)-c1ccccc1N(C(=O)c1ccc(N)cc1)CC2.CCOC(=O)c1cc2c(s1)-c1ccccc1N(C(=O)c1ccc(NC(=O)c3cc4ccccc4nc3Cl)cc1)CC2.O=C(Cl)c1cc2ccccc2nc1Cl.[2H]CF. The van der Waals surface area contributed by atoms with Crippen molar-refractivity contribution in [2.75, 3.05) is 54.3 Å². The van der Waals surface area contributed by atoms with Gasteiger partial charge in [0.15, 0.2) is 0 Å². The smallest absolute Gasteiger partial charge is 0.348 e. The Bertz CT molecular complexity index is 4190. The van der Waals surface area contributed by atoms with E-state index in [0.29, 0.717) is 76.9 Å². The van der Waals surface area contributed by atoms with Gasteiger partial charge in [-0.05, 0) is 146 Å². The second-order valence-electron chi connectivity index (χ2n) is 18.8. The first-order valence-corrected chi connectivity index (χ1v) is 29.2. The highest BCUT2D eigenvalue weighted by Crippen LogP contribution is 2.44. The maximum atomic E-state index is 13.7. The van der Waals surface area contributed by atoms with Gasteiger partial charge in [0.2, 0.25) is 0 Å². The van der Waals surface area contributed by atoms with E-state index < -0.39 is 12.4 Å². The number of pyridine rings is 2. The Balaban J connectivity index is 0.000000168. The lowest BCUT2D eigenvalue weighted by atomic mass is 10.1. The molecule has 0 unspecified atom stereocenters. The molecule has 0 atom stereocenters. The number of thiophene rings is 2. The van der Waals surface area contributed by atoms with Gasteiger partial charge in [-0.25, -0.2) is 19.6 Å². The Kier molecular flexibility index (Phi) is 19.3. The van der Waals surface area contributed by atoms with E-state index in [1.165, 1.54) is 22.7 Å². The van der Waals surface area contributed by atoms with Gasteiger partial charge in [0.1, 0.15) is 20.1 Å². The summed E-state index contributed by atoms with van der Waals surface area (Å²) in [5, 5.41) is 4.18. The van der Waals surface area contributed by atoms with Crippen LogP contribution >= 0.6 is 57.5 Å². The first-order valence-electron chi connectivity index (χ1n) is 27.2. The predicted molar refractivity (Wildman–Crippen MR) is 338 cm³/mol. The van der Waals surface area contributed by atoms with Crippen molar-refractivity contribution in [3.8, 4) is 20.9 Å². The normalized spacial score (nSPS) is 12.0. The number of benzene rings is 6. The molecule has 6 aromatic carbocycles. The van der Waals surface area contributed by atoms with Gasteiger partial charge in [0, 0.05) is 67.2 Å². The van der Waals surface area contributed by atoms with Crippen LogP contribution in [0.15, 0.2) is 170 Å². The number of fused-ring (bicyclic) bond motifs is 8. The molecule has 10 aromatic rings. The Hall–Kier alpha value is -8.84. The number of carbonyl (C=O) groups excluding carboxylic acids is 6. The third kappa shape index (κ3) is 13.7. The highest BCUT2D eigenvalue weighted by Gasteiger charge is 2.30. The summed E-state index contributed by atoms with van der Waals surface area (Å²) in [5.41, 5.74) is 15.5. The number of nitrogens with zero attached hydrogens (tertiary/aromatic N) is 4. The number of hydrogen-bond donors (Lipinski definition) is 2. The fourth-order valence-corrected chi connectivity index (χ4v) is 12.5. The summed E-state index contributed by atoms with van der Waals surface area (Å²) >= 11 is 20.2. The highest BCUT2D eigenvalue weighted by molar-refractivity contribution is 7.18. The lowest BCUT2D eigenvalue weighted by Gasteiger charge is -2.23. The minimum Gasteiger partial charge on any atom is -0.462 e. The van der Waals surface area contributed by atoms with Crippen LogP contribution in [0, 0.1) is 0 Å². The Labute approximate surface area is 512 Å². The summed E-state index contributed by atoms with van der Waals surface area (Å²) < 4.78 is 25.8. The molecule has 6 heterocycles. The van der Waals surface area contributed by atoms with Crippen LogP contribution in [0.4, 0.5) is 27.1 Å². The maximum Gasteiger partial charge on any atom is 0.348 e. The molecular formula is C65H52Cl3FN6O8S2. The van der Waals surface area contributed by atoms with Gasteiger partial charge in [0.05, 0.1) is 55.3 Å². The Morgan fingerprint density at radius 3 is 1.47 bits per heavy atom. The summed E-state index contributed by atoms with van der Waals surface area (Å²) in [6.45, 7) is 5.24. The summed E-state index contributed by atoms with van der Waals surface area (Å²) in [4.78, 5) is 90.4. The lowest BCUT2D eigenvalue weighted by molar-refractivity contribution is 0.0522. The minimum absolute atomic E-state index is 0.0618. The molecule has 0 fully saturated rings. The molecule has 2 aliphatic heterocycles. The quantitative estimate of drug-likeness (QED) is 0.0605. The zero-order valence-corrected chi connectivity index (χ0v) is 49.5. The van der Waals surface area contributed by atoms with Crippen LogP contribution in [0.3, 0.4) is 0 Å². The number of ether oxygens (including phenoxy) is 2. The van der Waals surface area contributed by atoms with Gasteiger partial charge in [-0.1, -0.05) is 96.0 Å². The van der Waals surface area contributed by atoms with Gasteiger partial charge in [-0.2, -0.15) is 0 Å². The summed E-state index contributed by atoms with van der Waals surface area (Å²) in [7, 11) is -1.00. The molecule has 3 amide bonds. The van der Waals surface area contributed by atoms with E-state index in [4.69, 9.17) is 51.4 Å². The average molecular weight is 1240 g/mol. The van der Waals surface area contributed by atoms with E-state index in [1.807, 2.05) is 109 Å². The topological polar surface area (TPSA) is 191 Å². The van der Waals surface area contributed by atoms with E-state index in [2.05, 4.69) is 15.3 Å². The van der Waals surface area contributed by atoms with Gasteiger partial charge in [-0.15, -0.1) is 22.7 Å². The third-order valence-corrected chi connectivity index (χ3v) is 16.7. The van der Waals surface area contributed by atoms with Crippen LogP contribution in [0.25, 0.3) is 42.7 Å². The first kappa shape index (κ1) is 59.3. The Morgan fingerprint density at radius 2 is 1.01 bits per heavy atom. The fourth-order valence-electron chi connectivity index (χ4n) is 9.53. The van der Waals surface area contributed by atoms with Crippen molar-refractivity contribution in [2.24, 2.45) is 0 Å². The molecule has 14 nitrogen and oxygen atoms in total. The summed E-state index contributed by atoms with van der Waals surface area (Å²) in [6, 6.07) is 51.2. The monoisotopic (exact) mass is 1230 g/mol. The second-order valence-corrected chi connectivity index (χ2v) is 21.9. The van der Waals surface area contributed by atoms with Gasteiger partial charge >= 0.3 is 11.9 Å². The fraction of sp³-hybridized carbons (Fsp3) is 0.138. The number of halogens is 4. The number of nitrogens with one attached hydrogen (secondary N) is 1. The number of para-hydroxylation sites is 4. The predicted octanol–water partition coefficient (Wildman–Crippen LogP) is 15.5. The largest absolute Gasteiger partial charge is 0.462 e. The van der Waals surface area contributed by atoms with Crippen molar-refractivity contribution < 1.29 is 44.0 Å². The molecule has 3 N–H and O–H groups in total. The molecule has 0 saturated heterocycles. The number of nitrogen functional groups attached to an aromatic ring is 1. The van der Waals surface area contributed by atoms with Crippen LogP contribution < -0.4 is 20.9 Å². The molecule has 0 bridgehead atoms. The van der Waals surface area contributed by atoms with Crippen LogP contribution in [-0.4, -0.2) is 78.3 Å². The number of carbonyl (C=O) groups is 6. The molecule has 20 heteroatoms. The standard InChI is InChI=1S/C32H24ClN3O4S.C22H20N2O3S.C10H5Cl2NO.CH3F/c1-2-40-32(39)27-18-21-15-16-36(26-10-6-4-8-23(26)28(21)41-27)31(38)19-11-13-22(14-12-19)34-30(37)24-17-20-7-3-5-9-25(20)35-29(24)33;1-2-27-22(26)19-13-15-11-12-24(21(25)14-7-9-16(23)10-8-14)18-6-4-3-5-17(18)20(15)28-19;11-9-7(10(12)14)5-6-3-1-2-4-8(6)13-9;1-2/h3-14,17-18H,2,15-16H2,1H3,(H,34,37);3-10,13H,2,11-12,23H2,1H3;1-5H;1H3/i;;;1D. The molecule has 4 aromatic heterocycles. The number of aromatic nitrogens is 2. The maximum absolute atomic E-state index is 13.7. The van der Waals surface area contributed by atoms with Crippen LogP contribution in [0.5, 0.6) is 0 Å². The van der Waals surface area contributed by atoms with Crippen LogP contribution in [-0.2, 0) is 22.3 Å². The minimum atomic E-state index is -1.00. The van der Waals surface area contributed by atoms with E-state index in [9.17, 15) is 33.2 Å². The number of anilines is 4. The summed E-state index contributed by atoms with van der Waals surface area (Å²) in [5.74, 6) is -1.23. The third-order valence-electron chi connectivity index (χ3n) is 13.5. The number of esters is 2. The number of nitrogens with two attached hydrogens (primary N) is 1. The number of hydrogen-bond acceptors (Lipinski definition) is 13. The molecule has 2 aliphatic rings.